The fraction of sp³-hybridized carbons (Fsp3) is 0.600. The highest BCUT2D eigenvalue weighted by molar-refractivity contribution is 9.11. The minimum Gasteiger partial charge on any atom is -0.461 e. The molecule has 0 bridgehead atoms. The van der Waals surface area contributed by atoms with Crippen LogP contribution in [0.5, 0.6) is 0 Å². The summed E-state index contributed by atoms with van der Waals surface area (Å²) in [4.78, 5) is 4.97. The largest absolute Gasteiger partial charge is 0.461 e. The molecule has 0 N–H and O–H groups in total. The van der Waals surface area contributed by atoms with Gasteiger partial charge in [-0.1, -0.05) is 26.0 Å². The van der Waals surface area contributed by atoms with E-state index in [1.165, 1.54) is 16.8 Å². The summed E-state index contributed by atoms with van der Waals surface area (Å²) in [6, 6.07) is 0. The van der Waals surface area contributed by atoms with Crippen molar-refractivity contribution in [2.75, 3.05) is 33.2 Å². The summed E-state index contributed by atoms with van der Waals surface area (Å²) in [6.07, 6.45) is 7.87. The van der Waals surface area contributed by atoms with Crippen LogP contribution in [0.2, 0.25) is 0 Å². The van der Waals surface area contributed by atoms with Crippen LogP contribution in [-0.4, -0.2) is 43.0 Å². The Kier molecular flexibility index (Phi) is 5.56. The Bertz CT molecular complexity index is 622. The summed E-state index contributed by atoms with van der Waals surface area (Å²) in [5.41, 5.74) is 4.17. The summed E-state index contributed by atoms with van der Waals surface area (Å²) < 4.78 is 7.41. The van der Waals surface area contributed by atoms with E-state index in [-0.39, 0.29) is 0 Å². The van der Waals surface area contributed by atoms with Crippen LogP contribution >= 0.6 is 15.9 Å². The second kappa shape index (κ2) is 7.49. The van der Waals surface area contributed by atoms with E-state index in [1.807, 2.05) is 0 Å². The quantitative estimate of drug-likeness (QED) is 0.671. The Labute approximate surface area is 154 Å². The molecule has 0 aromatic carbocycles. The third-order valence-electron chi connectivity index (χ3n) is 5.33. The Morgan fingerprint density at radius 3 is 2.62 bits per heavy atom. The number of likely N-dealkylation sites (N-methyl/N-ethyl adjacent to an activating group) is 1. The molecule has 0 saturated carbocycles. The van der Waals surface area contributed by atoms with Gasteiger partial charge in [-0.25, -0.2) is 0 Å². The van der Waals surface area contributed by atoms with Gasteiger partial charge in [0.1, 0.15) is 11.5 Å². The molecular weight excluding hydrogens is 364 g/mol. The Morgan fingerprint density at radius 1 is 1.25 bits per heavy atom. The molecule has 1 saturated heterocycles. The molecule has 132 valence electrons. The molecule has 0 spiro atoms. The second-order valence-electron chi connectivity index (χ2n) is 7.21. The minimum atomic E-state index is 0.511. The highest BCUT2D eigenvalue weighted by Crippen LogP contribution is 2.41. The smallest absolute Gasteiger partial charge is 0.146 e. The zero-order valence-corrected chi connectivity index (χ0v) is 16.9. The zero-order valence-electron chi connectivity index (χ0n) is 15.4. The summed E-state index contributed by atoms with van der Waals surface area (Å²) in [5.74, 6) is 2.62. The van der Waals surface area contributed by atoms with Gasteiger partial charge < -0.3 is 14.5 Å². The van der Waals surface area contributed by atoms with Gasteiger partial charge in [-0.15, -0.1) is 0 Å². The van der Waals surface area contributed by atoms with Gasteiger partial charge in [0.15, 0.2) is 0 Å². The van der Waals surface area contributed by atoms with Gasteiger partial charge in [0.25, 0.3) is 0 Å². The molecule has 1 aliphatic carbocycles. The van der Waals surface area contributed by atoms with Crippen molar-refractivity contribution < 1.29 is 4.74 Å². The fourth-order valence-electron chi connectivity index (χ4n) is 3.66. The first-order valence-electron chi connectivity index (χ1n) is 9.11. The lowest BCUT2D eigenvalue weighted by Crippen LogP contribution is -2.44. The van der Waals surface area contributed by atoms with E-state index in [0.29, 0.717) is 5.92 Å². The third kappa shape index (κ3) is 3.65. The predicted molar refractivity (Wildman–Crippen MR) is 104 cm³/mol. The number of ether oxygens (including phenoxy) is 1. The average Bonchev–Trinajstić information content (AvgIpc) is 2.56. The monoisotopic (exact) mass is 392 g/mol. The Morgan fingerprint density at radius 2 is 1.96 bits per heavy atom. The first-order chi connectivity index (χ1) is 11.5. The van der Waals surface area contributed by atoms with Crippen LogP contribution in [0.3, 0.4) is 0 Å². The minimum absolute atomic E-state index is 0.511. The van der Waals surface area contributed by atoms with Gasteiger partial charge in [0, 0.05) is 43.9 Å². The maximum absolute atomic E-state index is 6.30. The average molecular weight is 393 g/mol. The van der Waals surface area contributed by atoms with E-state index in [2.05, 4.69) is 65.7 Å². The lowest BCUT2D eigenvalue weighted by Gasteiger charge is -2.38. The van der Waals surface area contributed by atoms with Crippen LogP contribution in [0, 0.1) is 5.92 Å². The number of hydrogen-bond donors (Lipinski definition) is 0. The molecular formula is C20H29BrN2O. The summed E-state index contributed by atoms with van der Waals surface area (Å²) >= 11 is 3.79. The molecule has 4 heteroatoms. The van der Waals surface area contributed by atoms with Gasteiger partial charge in [-0.3, -0.25) is 0 Å². The zero-order chi connectivity index (χ0) is 17.3. The van der Waals surface area contributed by atoms with Crippen LogP contribution in [-0.2, 0) is 4.74 Å². The summed E-state index contributed by atoms with van der Waals surface area (Å²) in [7, 11) is 2.21. The van der Waals surface area contributed by atoms with E-state index in [4.69, 9.17) is 4.74 Å². The van der Waals surface area contributed by atoms with Crippen LogP contribution < -0.4 is 0 Å². The van der Waals surface area contributed by atoms with Crippen LogP contribution in [0.4, 0.5) is 0 Å². The van der Waals surface area contributed by atoms with Crippen molar-refractivity contribution in [1.82, 2.24) is 9.80 Å². The van der Waals surface area contributed by atoms with Gasteiger partial charge in [-0.2, -0.15) is 0 Å². The van der Waals surface area contributed by atoms with Crippen LogP contribution in [0.15, 0.2) is 45.0 Å². The molecule has 3 nitrogen and oxygen atoms in total. The lowest BCUT2D eigenvalue weighted by molar-refractivity contribution is 0.185. The van der Waals surface area contributed by atoms with Crippen molar-refractivity contribution in [3.05, 3.63) is 45.0 Å². The molecule has 1 unspecified atom stereocenters. The third-order valence-corrected chi connectivity index (χ3v) is 5.95. The maximum Gasteiger partial charge on any atom is 0.146 e. The molecule has 2 heterocycles. The van der Waals surface area contributed by atoms with Crippen molar-refractivity contribution in [1.29, 1.82) is 0 Å². The van der Waals surface area contributed by atoms with E-state index >= 15 is 0 Å². The molecule has 1 atom stereocenters. The van der Waals surface area contributed by atoms with Crippen molar-refractivity contribution >= 4 is 15.9 Å². The number of rotatable bonds is 2. The van der Waals surface area contributed by atoms with Crippen LogP contribution in [0.1, 0.15) is 40.0 Å². The number of halogens is 1. The standard InChI is InChI=1S/C20H29BrN2O/c1-5-16-13-17-19(23-10-8-22(4)9-11-23)7-6-14(2)12-18(21)20(17)24-15(16)3/h7,12,14H,5-6,8-11,13H2,1-4H3. The molecule has 0 aromatic heterocycles. The number of allylic oxidation sites excluding steroid dienone is 6. The number of hydrogen-bond acceptors (Lipinski definition) is 3. The number of nitrogens with zero attached hydrogens (tertiary/aromatic N) is 2. The van der Waals surface area contributed by atoms with E-state index in [9.17, 15) is 0 Å². The molecule has 24 heavy (non-hydrogen) atoms. The van der Waals surface area contributed by atoms with Gasteiger partial charge >= 0.3 is 0 Å². The van der Waals surface area contributed by atoms with E-state index in [1.54, 1.807) is 0 Å². The molecule has 0 aromatic rings. The summed E-state index contributed by atoms with van der Waals surface area (Å²) in [6.45, 7) is 11.0. The van der Waals surface area contributed by atoms with Crippen LogP contribution in [0.25, 0.3) is 0 Å². The molecule has 3 aliphatic rings. The van der Waals surface area contributed by atoms with Crippen molar-refractivity contribution in [2.24, 2.45) is 5.92 Å². The second-order valence-corrected chi connectivity index (χ2v) is 8.06. The van der Waals surface area contributed by atoms with Crippen molar-refractivity contribution in [3.8, 4) is 0 Å². The molecule has 3 rings (SSSR count). The van der Waals surface area contributed by atoms with Crippen molar-refractivity contribution in [2.45, 2.75) is 40.0 Å². The van der Waals surface area contributed by atoms with E-state index in [0.717, 1.165) is 61.4 Å². The molecule has 0 radical (unpaired) electrons. The molecule has 2 aliphatic heterocycles. The first kappa shape index (κ1) is 17.8. The highest BCUT2D eigenvalue weighted by atomic mass is 79.9. The van der Waals surface area contributed by atoms with Gasteiger partial charge in [0.2, 0.25) is 0 Å². The summed E-state index contributed by atoms with van der Waals surface area (Å²) in [5, 5.41) is 0. The van der Waals surface area contributed by atoms with Gasteiger partial charge in [0.05, 0.1) is 4.48 Å². The van der Waals surface area contributed by atoms with E-state index < -0.39 is 0 Å². The molecule has 0 amide bonds. The number of piperazine rings is 1. The first-order valence-corrected chi connectivity index (χ1v) is 9.90. The van der Waals surface area contributed by atoms with Gasteiger partial charge in [-0.05, 0) is 54.2 Å². The Hall–Kier alpha value is -1.00. The topological polar surface area (TPSA) is 15.7 Å². The fourth-order valence-corrected chi connectivity index (χ4v) is 4.43. The molecule has 1 fully saturated rings. The SMILES string of the molecule is CCC1=C(C)OC2=C(C1)C(N1CCN(C)CC1)=CCC(C)C=C2Br. The normalized spacial score (nSPS) is 26.4. The lowest BCUT2D eigenvalue weighted by atomic mass is 9.91. The van der Waals surface area contributed by atoms with Crippen molar-refractivity contribution in [3.63, 3.8) is 0 Å². The predicted octanol–water partition coefficient (Wildman–Crippen LogP) is 4.79. The Balaban J connectivity index is 1.99. The highest BCUT2D eigenvalue weighted by Gasteiger charge is 2.28. The maximum atomic E-state index is 6.30.